The molecule has 128 valence electrons. The summed E-state index contributed by atoms with van der Waals surface area (Å²) in [5, 5.41) is 0. The number of hydrogen-bond acceptors (Lipinski definition) is 3. The molecule has 1 fully saturated rings. The second-order valence-electron chi connectivity index (χ2n) is 6.90. The van der Waals surface area contributed by atoms with Gasteiger partial charge in [0.2, 0.25) is 5.91 Å². The van der Waals surface area contributed by atoms with Gasteiger partial charge in [0.25, 0.3) is 0 Å². The number of benzene rings is 1. The van der Waals surface area contributed by atoms with E-state index >= 15 is 0 Å². The molecular formula is C19H31N3O. The molecule has 3 unspecified atom stereocenters. The molecule has 1 saturated heterocycles. The Bertz CT molecular complexity index is 491. The van der Waals surface area contributed by atoms with E-state index < -0.39 is 0 Å². The number of carbonyl (C=O) groups is 1. The van der Waals surface area contributed by atoms with Crippen LogP contribution in [0.1, 0.15) is 44.2 Å². The molecule has 1 aromatic carbocycles. The first-order valence-corrected chi connectivity index (χ1v) is 8.76. The molecule has 2 rings (SSSR count). The average molecular weight is 317 g/mol. The van der Waals surface area contributed by atoms with Gasteiger partial charge in [0, 0.05) is 25.7 Å². The Hall–Kier alpha value is -1.39. The molecule has 1 amide bonds. The lowest BCUT2D eigenvalue weighted by Gasteiger charge is -2.34. The molecule has 3 atom stereocenters. The second kappa shape index (κ2) is 8.46. The number of piperidine rings is 1. The van der Waals surface area contributed by atoms with Gasteiger partial charge >= 0.3 is 0 Å². The van der Waals surface area contributed by atoms with E-state index in [1.165, 1.54) is 25.8 Å². The predicted octanol–water partition coefficient (Wildman–Crippen LogP) is 2.66. The summed E-state index contributed by atoms with van der Waals surface area (Å²) in [6, 6.07) is 10.2. The summed E-state index contributed by atoms with van der Waals surface area (Å²) in [4.78, 5) is 16.9. The van der Waals surface area contributed by atoms with E-state index in [1.54, 1.807) is 0 Å². The fourth-order valence-corrected chi connectivity index (χ4v) is 3.43. The second-order valence-corrected chi connectivity index (χ2v) is 6.90. The minimum atomic E-state index is -0.247. The van der Waals surface area contributed by atoms with Gasteiger partial charge in [-0.15, -0.1) is 0 Å². The lowest BCUT2D eigenvalue weighted by molar-refractivity contribution is -0.134. The highest BCUT2D eigenvalue weighted by Gasteiger charge is 2.26. The van der Waals surface area contributed by atoms with Crippen molar-refractivity contribution in [2.45, 2.75) is 44.7 Å². The molecule has 2 N–H and O–H groups in total. The molecular weight excluding hydrogens is 286 g/mol. The molecule has 0 aliphatic carbocycles. The van der Waals surface area contributed by atoms with Crippen LogP contribution in [0, 0.1) is 5.92 Å². The van der Waals surface area contributed by atoms with Gasteiger partial charge in [-0.05, 0) is 38.4 Å². The van der Waals surface area contributed by atoms with Gasteiger partial charge in [0.1, 0.15) is 0 Å². The maximum atomic E-state index is 12.6. The SMILES string of the molecule is CC(C(=O)N(C)CCC1CCCCN1C)C(N)c1ccccc1. The first kappa shape index (κ1) is 18.0. The Morgan fingerprint density at radius 2 is 2.04 bits per heavy atom. The maximum Gasteiger partial charge on any atom is 0.227 e. The molecule has 0 radical (unpaired) electrons. The fraction of sp³-hybridized carbons (Fsp3) is 0.632. The van der Waals surface area contributed by atoms with Crippen LogP contribution in [0.4, 0.5) is 0 Å². The molecule has 1 aromatic rings. The number of rotatable bonds is 6. The van der Waals surface area contributed by atoms with Crippen molar-refractivity contribution in [2.75, 3.05) is 27.2 Å². The van der Waals surface area contributed by atoms with Crippen LogP contribution in [-0.2, 0) is 4.79 Å². The van der Waals surface area contributed by atoms with E-state index in [-0.39, 0.29) is 17.9 Å². The Kier molecular flexibility index (Phi) is 6.60. The first-order valence-electron chi connectivity index (χ1n) is 8.76. The smallest absolute Gasteiger partial charge is 0.227 e. The first-order chi connectivity index (χ1) is 11.0. The Morgan fingerprint density at radius 3 is 2.70 bits per heavy atom. The van der Waals surface area contributed by atoms with E-state index in [4.69, 9.17) is 5.73 Å². The molecule has 0 saturated carbocycles. The summed E-state index contributed by atoms with van der Waals surface area (Å²) in [6.07, 6.45) is 4.90. The summed E-state index contributed by atoms with van der Waals surface area (Å²) >= 11 is 0. The molecule has 1 aliphatic rings. The minimum absolute atomic E-state index is 0.139. The molecule has 4 heteroatoms. The van der Waals surface area contributed by atoms with E-state index in [2.05, 4.69) is 11.9 Å². The quantitative estimate of drug-likeness (QED) is 0.877. The largest absolute Gasteiger partial charge is 0.345 e. The Balaban J connectivity index is 1.86. The van der Waals surface area contributed by atoms with Crippen molar-refractivity contribution in [3.05, 3.63) is 35.9 Å². The fourth-order valence-electron chi connectivity index (χ4n) is 3.43. The molecule has 4 nitrogen and oxygen atoms in total. The maximum absolute atomic E-state index is 12.6. The number of amides is 1. The lowest BCUT2D eigenvalue weighted by atomic mass is 9.94. The summed E-state index contributed by atoms with van der Waals surface area (Å²) in [6.45, 7) is 3.92. The summed E-state index contributed by atoms with van der Waals surface area (Å²) in [5.74, 6) is -0.0636. The van der Waals surface area contributed by atoms with Crippen LogP contribution in [0.2, 0.25) is 0 Å². The number of carbonyl (C=O) groups excluding carboxylic acids is 1. The minimum Gasteiger partial charge on any atom is -0.345 e. The topological polar surface area (TPSA) is 49.6 Å². The zero-order valence-corrected chi connectivity index (χ0v) is 14.7. The molecule has 1 aliphatic heterocycles. The average Bonchev–Trinajstić information content (AvgIpc) is 2.59. The zero-order valence-electron chi connectivity index (χ0n) is 14.7. The number of nitrogens with zero attached hydrogens (tertiary/aromatic N) is 2. The highest BCUT2D eigenvalue weighted by atomic mass is 16.2. The van der Waals surface area contributed by atoms with Gasteiger partial charge in [-0.25, -0.2) is 0 Å². The van der Waals surface area contributed by atoms with Crippen LogP contribution < -0.4 is 5.73 Å². The van der Waals surface area contributed by atoms with E-state index in [9.17, 15) is 4.79 Å². The van der Waals surface area contributed by atoms with Crippen molar-refractivity contribution in [1.82, 2.24) is 9.80 Å². The number of hydrogen-bond donors (Lipinski definition) is 1. The van der Waals surface area contributed by atoms with Crippen molar-refractivity contribution >= 4 is 5.91 Å². The third kappa shape index (κ3) is 4.79. The third-order valence-corrected chi connectivity index (χ3v) is 5.21. The van der Waals surface area contributed by atoms with Gasteiger partial charge in [-0.3, -0.25) is 4.79 Å². The summed E-state index contributed by atoms with van der Waals surface area (Å²) < 4.78 is 0. The van der Waals surface area contributed by atoms with Crippen molar-refractivity contribution in [3.63, 3.8) is 0 Å². The highest BCUT2D eigenvalue weighted by molar-refractivity contribution is 5.79. The number of nitrogens with two attached hydrogens (primary N) is 1. The monoisotopic (exact) mass is 317 g/mol. The van der Waals surface area contributed by atoms with Crippen molar-refractivity contribution in [3.8, 4) is 0 Å². The van der Waals surface area contributed by atoms with Crippen LogP contribution in [0.25, 0.3) is 0 Å². The van der Waals surface area contributed by atoms with Crippen LogP contribution in [-0.4, -0.2) is 48.9 Å². The molecule has 0 spiro atoms. The van der Waals surface area contributed by atoms with Crippen LogP contribution in [0.3, 0.4) is 0 Å². The highest BCUT2D eigenvalue weighted by Crippen LogP contribution is 2.22. The van der Waals surface area contributed by atoms with Gasteiger partial charge in [0.15, 0.2) is 0 Å². The Morgan fingerprint density at radius 1 is 1.35 bits per heavy atom. The normalized spacial score (nSPS) is 21.7. The zero-order chi connectivity index (χ0) is 16.8. The summed E-state index contributed by atoms with van der Waals surface area (Å²) in [7, 11) is 4.10. The lowest BCUT2D eigenvalue weighted by Crippen LogP contribution is -2.41. The number of likely N-dealkylation sites (tertiary alicyclic amines) is 1. The van der Waals surface area contributed by atoms with E-state index in [0.717, 1.165) is 18.5 Å². The van der Waals surface area contributed by atoms with E-state index in [1.807, 2.05) is 49.2 Å². The molecule has 0 aromatic heterocycles. The molecule has 0 bridgehead atoms. The van der Waals surface area contributed by atoms with Crippen LogP contribution >= 0.6 is 0 Å². The van der Waals surface area contributed by atoms with Crippen LogP contribution in [0.15, 0.2) is 30.3 Å². The van der Waals surface area contributed by atoms with Gasteiger partial charge in [-0.1, -0.05) is 43.7 Å². The molecule has 23 heavy (non-hydrogen) atoms. The summed E-state index contributed by atoms with van der Waals surface area (Å²) in [5.41, 5.74) is 7.30. The van der Waals surface area contributed by atoms with Crippen LogP contribution in [0.5, 0.6) is 0 Å². The van der Waals surface area contributed by atoms with Crippen molar-refractivity contribution in [2.24, 2.45) is 11.7 Å². The van der Waals surface area contributed by atoms with Gasteiger partial charge in [-0.2, -0.15) is 0 Å². The Labute approximate surface area is 140 Å². The third-order valence-electron chi connectivity index (χ3n) is 5.21. The van der Waals surface area contributed by atoms with Crippen molar-refractivity contribution in [1.29, 1.82) is 0 Å². The standard InChI is InChI=1S/C19H31N3O/c1-15(18(20)16-9-5-4-6-10-16)19(23)22(3)14-12-17-11-7-8-13-21(17)2/h4-6,9-10,15,17-18H,7-8,11-14,20H2,1-3H3. The van der Waals surface area contributed by atoms with E-state index in [0.29, 0.717) is 6.04 Å². The van der Waals surface area contributed by atoms with Gasteiger partial charge < -0.3 is 15.5 Å². The van der Waals surface area contributed by atoms with Crippen molar-refractivity contribution < 1.29 is 4.79 Å². The van der Waals surface area contributed by atoms with Gasteiger partial charge in [0.05, 0.1) is 5.92 Å². The molecule has 1 heterocycles. The predicted molar refractivity (Wildman–Crippen MR) is 95.1 cm³/mol.